The topological polar surface area (TPSA) is 76.9 Å². The molecule has 5 rings (SSSR count). The van der Waals surface area contributed by atoms with Gasteiger partial charge >= 0.3 is 6.18 Å². The smallest absolute Gasteiger partial charge is 0.349 e. The van der Waals surface area contributed by atoms with Gasteiger partial charge < -0.3 is 9.88 Å². The molecule has 1 fully saturated rings. The van der Waals surface area contributed by atoms with Crippen LogP contribution in [0.2, 0.25) is 0 Å². The summed E-state index contributed by atoms with van der Waals surface area (Å²) in [5.74, 6) is -1.09. The average molecular weight is 496 g/mol. The first kappa shape index (κ1) is 23.7. The van der Waals surface area contributed by atoms with Crippen molar-refractivity contribution in [3.63, 3.8) is 0 Å². The van der Waals surface area contributed by atoms with Gasteiger partial charge in [0.05, 0.1) is 17.3 Å². The molecule has 0 aliphatic heterocycles. The average Bonchev–Trinajstić information content (AvgIpc) is 3.66. The SMILES string of the molecule is Cc1c(F)cc(C(=O)NC2CC2)cc1-c1cc2cnnc(-c3ccccc3C(F)(F)F)c2n(C)c1=O. The molecule has 0 radical (unpaired) electrons. The molecule has 184 valence electrons. The van der Waals surface area contributed by atoms with E-state index in [4.69, 9.17) is 0 Å². The zero-order valence-corrected chi connectivity index (χ0v) is 19.3. The fourth-order valence-electron chi connectivity index (χ4n) is 4.25. The normalized spacial score (nSPS) is 13.7. The summed E-state index contributed by atoms with van der Waals surface area (Å²) in [6.07, 6.45) is -1.60. The second kappa shape index (κ2) is 8.54. The summed E-state index contributed by atoms with van der Waals surface area (Å²) in [4.78, 5) is 26.0. The van der Waals surface area contributed by atoms with Crippen molar-refractivity contribution in [2.75, 3.05) is 0 Å². The highest BCUT2D eigenvalue weighted by Gasteiger charge is 2.34. The summed E-state index contributed by atoms with van der Waals surface area (Å²) in [5.41, 5.74) is -1.11. The zero-order chi connectivity index (χ0) is 25.8. The molecule has 2 aromatic carbocycles. The third-order valence-corrected chi connectivity index (χ3v) is 6.32. The maximum Gasteiger partial charge on any atom is 0.417 e. The first-order valence-corrected chi connectivity index (χ1v) is 11.2. The lowest BCUT2D eigenvalue weighted by Crippen LogP contribution is -2.26. The number of pyridine rings is 1. The van der Waals surface area contributed by atoms with Crippen LogP contribution in [-0.2, 0) is 13.2 Å². The second-order valence-electron chi connectivity index (χ2n) is 8.84. The van der Waals surface area contributed by atoms with E-state index < -0.39 is 29.0 Å². The summed E-state index contributed by atoms with van der Waals surface area (Å²) in [6.45, 7) is 1.49. The summed E-state index contributed by atoms with van der Waals surface area (Å²) in [5, 5.41) is 10.9. The minimum absolute atomic E-state index is 0.0652. The van der Waals surface area contributed by atoms with Crippen molar-refractivity contribution in [1.82, 2.24) is 20.1 Å². The molecule has 0 spiro atoms. The van der Waals surface area contributed by atoms with Gasteiger partial charge in [-0.05, 0) is 55.2 Å². The number of aryl methyl sites for hydroxylation is 1. The Labute approximate surface area is 202 Å². The van der Waals surface area contributed by atoms with E-state index in [1.807, 2.05) is 0 Å². The summed E-state index contributed by atoms with van der Waals surface area (Å²) < 4.78 is 57.0. The van der Waals surface area contributed by atoms with E-state index in [0.29, 0.717) is 5.39 Å². The molecule has 0 saturated heterocycles. The van der Waals surface area contributed by atoms with Gasteiger partial charge in [-0.25, -0.2) is 4.39 Å². The highest BCUT2D eigenvalue weighted by molar-refractivity contribution is 5.97. The molecule has 1 N–H and O–H groups in total. The van der Waals surface area contributed by atoms with Crippen LogP contribution >= 0.6 is 0 Å². The molecule has 1 saturated carbocycles. The van der Waals surface area contributed by atoms with E-state index in [1.165, 1.54) is 55.1 Å². The van der Waals surface area contributed by atoms with Gasteiger partial charge in [-0.15, -0.1) is 5.10 Å². The van der Waals surface area contributed by atoms with Crippen LogP contribution in [0.3, 0.4) is 0 Å². The van der Waals surface area contributed by atoms with Crippen LogP contribution in [0.15, 0.2) is 53.5 Å². The van der Waals surface area contributed by atoms with Crippen LogP contribution in [-0.4, -0.2) is 26.7 Å². The van der Waals surface area contributed by atoms with Crippen LogP contribution < -0.4 is 10.9 Å². The quantitative estimate of drug-likeness (QED) is 0.403. The van der Waals surface area contributed by atoms with Gasteiger partial charge in [0, 0.05) is 35.2 Å². The molecular weight excluding hydrogens is 476 g/mol. The number of amides is 1. The van der Waals surface area contributed by atoms with Crippen molar-refractivity contribution in [3.8, 4) is 22.4 Å². The Morgan fingerprint density at radius 3 is 2.50 bits per heavy atom. The monoisotopic (exact) mass is 496 g/mol. The van der Waals surface area contributed by atoms with Gasteiger partial charge in [-0.2, -0.15) is 18.3 Å². The van der Waals surface area contributed by atoms with Gasteiger partial charge in [-0.3, -0.25) is 9.59 Å². The maximum atomic E-state index is 14.8. The number of benzene rings is 2. The van der Waals surface area contributed by atoms with Crippen LogP contribution in [0.1, 0.15) is 34.3 Å². The molecule has 1 amide bonds. The second-order valence-corrected chi connectivity index (χ2v) is 8.84. The number of hydrogen-bond donors (Lipinski definition) is 1. The Balaban J connectivity index is 1.72. The third-order valence-electron chi connectivity index (χ3n) is 6.32. The molecule has 4 aromatic rings. The first-order valence-electron chi connectivity index (χ1n) is 11.2. The molecule has 1 aliphatic rings. The number of rotatable bonds is 4. The fraction of sp³-hybridized carbons (Fsp3) is 0.231. The lowest BCUT2D eigenvalue weighted by atomic mass is 9.96. The zero-order valence-electron chi connectivity index (χ0n) is 19.3. The van der Waals surface area contributed by atoms with E-state index >= 15 is 0 Å². The number of carbonyl (C=O) groups excluding carboxylic acids is 1. The highest BCUT2D eigenvalue weighted by atomic mass is 19.4. The number of halogens is 4. The van der Waals surface area contributed by atoms with Gasteiger partial charge in [0.2, 0.25) is 0 Å². The Hall–Kier alpha value is -4.08. The molecule has 0 atom stereocenters. The molecule has 36 heavy (non-hydrogen) atoms. The molecule has 0 bridgehead atoms. The fourth-order valence-corrected chi connectivity index (χ4v) is 4.25. The molecule has 2 aromatic heterocycles. The van der Waals surface area contributed by atoms with Crippen molar-refractivity contribution in [2.45, 2.75) is 32.0 Å². The van der Waals surface area contributed by atoms with Crippen molar-refractivity contribution in [2.24, 2.45) is 7.05 Å². The van der Waals surface area contributed by atoms with Crippen LogP contribution in [0.4, 0.5) is 17.6 Å². The summed E-state index contributed by atoms with van der Waals surface area (Å²) in [7, 11) is 1.41. The van der Waals surface area contributed by atoms with E-state index in [1.54, 1.807) is 0 Å². The molecule has 10 heteroatoms. The summed E-state index contributed by atoms with van der Waals surface area (Å²) >= 11 is 0. The van der Waals surface area contributed by atoms with Gasteiger partial charge in [-0.1, -0.05) is 18.2 Å². The number of carbonyl (C=O) groups is 1. The number of aromatic nitrogens is 3. The molecule has 0 unspecified atom stereocenters. The lowest BCUT2D eigenvalue weighted by Gasteiger charge is -2.16. The van der Waals surface area contributed by atoms with Gasteiger partial charge in [0.15, 0.2) is 0 Å². The van der Waals surface area contributed by atoms with E-state index in [9.17, 15) is 27.2 Å². The van der Waals surface area contributed by atoms with Crippen LogP contribution in [0.5, 0.6) is 0 Å². The Morgan fingerprint density at radius 2 is 1.81 bits per heavy atom. The number of fused-ring (bicyclic) bond motifs is 1. The maximum absolute atomic E-state index is 14.8. The first-order chi connectivity index (χ1) is 17.1. The summed E-state index contributed by atoms with van der Waals surface area (Å²) in [6, 6.07) is 9.01. The molecular formula is C26H20F4N4O2. The van der Waals surface area contributed by atoms with Gasteiger partial charge in [0.25, 0.3) is 11.5 Å². The van der Waals surface area contributed by atoms with Gasteiger partial charge in [0.1, 0.15) is 11.5 Å². The Kier molecular flexibility index (Phi) is 5.61. The van der Waals surface area contributed by atoms with Crippen molar-refractivity contribution in [1.29, 1.82) is 0 Å². The minimum atomic E-state index is -4.64. The van der Waals surface area contributed by atoms with Crippen LogP contribution in [0, 0.1) is 12.7 Å². The van der Waals surface area contributed by atoms with Crippen molar-refractivity contribution >= 4 is 16.8 Å². The lowest BCUT2D eigenvalue weighted by molar-refractivity contribution is -0.137. The number of nitrogens with one attached hydrogen (secondary N) is 1. The predicted octanol–water partition coefficient (Wildman–Crippen LogP) is 5.02. The predicted molar refractivity (Wildman–Crippen MR) is 126 cm³/mol. The number of alkyl halides is 3. The number of nitrogens with zero attached hydrogens (tertiary/aromatic N) is 3. The molecule has 2 heterocycles. The minimum Gasteiger partial charge on any atom is -0.349 e. The van der Waals surface area contributed by atoms with Crippen LogP contribution in [0.25, 0.3) is 33.3 Å². The van der Waals surface area contributed by atoms with E-state index in [-0.39, 0.29) is 45.1 Å². The Morgan fingerprint density at radius 1 is 1.08 bits per heavy atom. The molecule has 1 aliphatic carbocycles. The highest BCUT2D eigenvalue weighted by Crippen LogP contribution is 2.38. The molecule has 6 nitrogen and oxygen atoms in total. The third kappa shape index (κ3) is 4.12. The van der Waals surface area contributed by atoms with Crippen molar-refractivity contribution < 1.29 is 22.4 Å². The Bertz CT molecular complexity index is 1590. The number of hydrogen-bond acceptors (Lipinski definition) is 4. The standard InChI is InChI=1S/C26H20F4N4O2/c1-13-18(9-14(11-21(13)27)24(35)32-16-7-8-16)19-10-15-12-31-33-22(23(15)34(2)25(19)36)17-5-3-4-6-20(17)26(28,29)30/h3-6,9-12,16H,7-8H2,1-2H3,(H,32,35). The largest absolute Gasteiger partial charge is 0.417 e. The van der Waals surface area contributed by atoms with Crippen molar-refractivity contribution in [3.05, 3.63) is 81.5 Å². The van der Waals surface area contributed by atoms with E-state index in [0.717, 1.165) is 25.0 Å². The van der Waals surface area contributed by atoms with E-state index in [2.05, 4.69) is 15.5 Å².